The molecule has 0 saturated heterocycles. The summed E-state index contributed by atoms with van der Waals surface area (Å²) >= 11 is 0. The number of nitrogens with zero attached hydrogens (tertiary/aromatic N) is 1. The van der Waals surface area contributed by atoms with E-state index < -0.39 is 0 Å². The molecule has 216 valence electrons. The molecule has 1 aromatic heterocycles. The summed E-state index contributed by atoms with van der Waals surface area (Å²) in [6.07, 6.45) is 0. The Hall–Kier alpha value is -6.12. The molecular formula is C44H29NO. The van der Waals surface area contributed by atoms with Crippen LogP contribution in [0.15, 0.2) is 180 Å². The Morgan fingerprint density at radius 1 is 0.370 bits per heavy atom. The molecule has 0 bridgehead atoms. The van der Waals surface area contributed by atoms with E-state index in [1.165, 1.54) is 32.8 Å². The van der Waals surface area contributed by atoms with Crippen LogP contribution < -0.4 is 4.90 Å². The second kappa shape index (κ2) is 10.8. The van der Waals surface area contributed by atoms with E-state index in [0.717, 1.165) is 50.0 Å². The van der Waals surface area contributed by atoms with Gasteiger partial charge in [0.1, 0.15) is 11.2 Å². The third-order valence-corrected chi connectivity index (χ3v) is 9.06. The molecule has 0 radical (unpaired) electrons. The van der Waals surface area contributed by atoms with Crippen LogP contribution >= 0.6 is 0 Å². The molecule has 46 heavy (non-hydrogen) atoms. The zero-order valence-electron chi connectivity index (χ0n) is 25.1. The molecule has 8 aromatic carbocycles. The molecular weight excluding hydrogens is 558 g/mol. The van der Waals surface area contributed by atoms with Gasteiger partial charge in [-0.25, -0.2) is 0 Å². The smallest absolute Gasteiger partial charge is 0.143 e. The standard InChI is InChI=1S/C44H29NO/c1-2-12-30(13-3-1)35-18-8-9-21-40(35)45(41-22-10-16-31-14-4-6-17-36(31)41)34-27-24-33(25-28-34)37-20-11-23-42-43(37)39-29-26-32-15-5-7-19-38(32)44(39)46-42/h1-29H. The van der Waals surface area contributed by atoms with Crippen LogP contribution in [0.25, 0.3) is 65.7 Å². The first-order chi connectivity index (χ1) is 22.8. The number of fused-ring (bicyclic) bond motifs is 6. The van der Waals surface area contributed by atoms with Gasteiger partial charge in [0.25, 0.3) is 0 Å². The lowest BCUT2D eigenvalue weighted by atomic mass is 9.97. The van der Waals surface area contributed by atoms with Crippen LogP contribution in [0.3, 0.4) is 0 Å². The van der Waals surface area contributed by atoms with Gasteiger partial charge in [-0.2, -0.15) is 0 Å². The molecule has 0 fully saturated rings. The molecule has 0 unspecified atom stereocenters. The maximum absolute atomic E-state index is 6.49. The lowest BCUT2D eigenvalue weighted by Crippen LogP contribution is -2.11. The predicted molar refractivity (Wildman–Crippen MR) is 194 cm³/mol. The van der Waals surface area contributed by atoms with Crippen LogP contribution in [-0.4, -0.2) is 0 Å². The third kappa shape index (κ3) is 4.27. The van der Waals surface area contributed by atoms with Crippen molar-refractivity contribution in [2.24, 2.45) is 0 Å². The highest BCUT2D eigenvalue weighted by Gasteiger charge is 2.20. The number of hydrogen-bond donors (Lipinski definition) is 0. The fourth-order valence-electron chi connectivity index (χ4n) is 6.93. The molecule has 1 heterocycles. The molecule has 0 aliphatic rings. The van der Waals surface area contributed by atoms with Crippen molar-refractivity contribution in [1.82, 2.24) is 0 Å². The predicted octanol–water partition coefficient (Wildman–Crippen LogP) is 12.7. The van der Waals surface area contributed by atoms with Gasteiger partial charge in [-0.1, -0.05) is 140 Å². The van der Waals surface area contributed by atoms with Crippen molar-refractivity contribution in [2.45, 2.75) is 0 Å². The van der Waals surface area contributed by atoms with E-state index in [1.807, 2.05) is 0 Å². The van der Waals surface area contributed by atoms with Crippen LogP contribution in [0.5, 0.6) is 0 Å². The fourth-order valence-corrected chi connectivity index (χ4v) is 6.93. The van der Waals surface area contributed by atoms with Crippen molar-refractivity contribution in [3.8, 4) is 22.3 Å². The van der Waals surface area contributed by atoms with Crippen molar-refractivity contribution in [3.05, 3.63) is 176 Å². The second-order valence-electron chi connectivity index (χ2n) is 11.7. The van der Waals surface area contributed by atoms with Gasteiger partial charge >= 0.3 is 0 Å². The number of anilines is 3. The normalized spacial score (nSPS) is 11.5. The van der Waals surface area contributed by atoms with Crippen molar-refractivity contribution in [1.29, 1.82) is 0 Å². The molecule has 9 aromatic rings. The zero-order chi connectivity index (χ0) is 30.5. The Bertz CT molecular complexity index is 2520. The van der Waals surface area contributed by atoms with E-state index in [1.54, 1.807) is 0 Å². The molecule has 2 nitrogen and oxygen atoms in total. The summed E-state index contributed by atoms with van der Waals surface area (Å²) in [6.45, 7) is 0. The molecule has 0 saturated carbocycles. The molecule has 2 heteroatoms. The van der Waals surface area contributed by atoms with E-state index in [0.29, 0.717) is 0 Å². The Balaban J connectivity index is 1.23. The van der Waals surface area contributed by atoms with Crippen molar-refractivity contribution < 1.29 is 4.42 Å². The van der Waals surface area contributed by atoms with Crippen LogP contribution in [0, 0.1) is 0 Å². The van der Waals surface area contributed by atoms with Crippen LogP contribution in [-0.2, 0) is 0 Å². The highest BCUT2D eigenvalue weighted by molar-refractivity contribution is 6.19. The first-order valence-corrected chi connectivity index (χ1v) is 15.7. The monoisotopic (exact) mass is 587 g/mol. The maximum Gasteiger partial charge on any atom is 0.143 e. The van der Waals surface area contributed by atoms with E-state index in [9.17, 15) is 0 Å². The Kier molecular flexibility index (Phi) is 6.17. The number of furan rings is 1. The van der Waals surface area contributed by atoms with Gasteiger partial charge in [0.2, 0.25) is 0 Å². The lowest BCUT2D eigenvalue weighted by molar-refractivity contribution is 0.673. The minimum atomic E-state index is 0.905. The van der Waals surface area contributed by atoms with Gasteiger partial charge < -0.3 is 9.32 Å². The summed E-state index contributed by atoms with van der Waals surface area (Å²) < 4.78 is 6.49. The molecule has 0 atom stereocenters. The van der Waals surface area contributed by atoms with Gasteiger partial charge in [0.15, 0.2) is 0 Å². The van der Waals surface area contributed by atoms with E-state index in [-0.39, 0.29) is 0 Å². The quantitative estimate of drug-likeness (QED) is 0.199. The van der Waals surface area contributed by atoms with E-state index >= 15 is 0 Å². The van der Waals surface area contributed by atoms with Crippen molar-refractivity contribution >= 4 is 60.5 Å². The molecule has 0 aliphatic heterocycles. The third-order valence-electron chi connectivity index (χ3n) is 9.06. The summed E-state index contributed by atoms with van der Waals surface area (Å²) in [5.41, 5.74) is 9.90. The number of hydrogen-bond acceptors (Lipinski definition) is 2. The number of para-hydroxylation sites is 1. The minimum Gasteiger partial charge on any atom is -0.455 e. The number of benzene rings is 8. The molecule has 0 amide bonds. The molecule has 0 N–H and O–H groups in total. The fraction of sp³-hybridized carbons (Fsp3) is 0. The first kappa shape index (κ1) is 26.3. The number of rotatable bonds is 5. The highest BCUT2D eigenvalue weighted by Crippen LogP contribution is 2.45. The van der Waals surface area contributed by atoms with Gasteiger partial charge in [-0.3, -0.25) is 0 Å². The molecule has 9 rings (SSSR count). The summed E-state index contributed by atoms with van der Waals surface area (Å²) in [5, 5.41) is 7.03. The summed E-state index contributed by atoms with van der Waals surface area (Å²) in [7, 11) is 0. The molecule has 0 aliphatic carbocycles. The largest absolute Gasteiger partial charge is 0.455 e. The second-order valence-corrected chi connectivity index (χ2v) is 11.7. The SMILES string of the molecule is c1ccc(-c2ccccc2N(c2ccc(-c3cccc4oc5c6ccccc6ccc5c34)cc2)c2cccc3ccccc23)cc1. The van der Waals surface area contributed by atoms with Crippen LogP contribution in [0.4, 0.5) is 17.1 Å². The average Bonchev–Trinajstić information content (AvgIpc) is 3.53. The van der Waals surface area contributed by atoms with Gasteiger partial charge in [0, 0.05) is 32.8 Å². The van der Waals surface area contributed by atoms with Gasteiger partial charge in [0.05, 0.1) is 11.4 Å². The molecule has 0 spiro atoms. The van der Waals surface area contributed by atoms with E-state index in [2.05, 4.69) is 181 Å². The Morgan fingerprint density at radius 2 is 0.978 bits per heavy atom. The first-order valence-electron chi connectivity index (χ1n) is 15.7. The average molecular weight is 588 g/mol. The summed E-state index contributed by atoms with van der Waals surface area (Å²) in [6, 6.07) is 62.7. The van der Waals surface area contributed by atoms with Crippen molar-refractivity contribution in [3.63, 3.8) is 0 Å². The highest BCUT2D eigenvalue weighted by atomic mass is 16.3. The van der Waals surface area contributed by atoms with Gasteiger partial charge in [-0.05, 0) is 63.9 Å². The van der Waals surface area contributed by atoms with Crippen LogP contribution in [0.1, 0.15) is 0 Å². The van der Waals surface area contributed by atoms with Gasteiger partial charge in [-0.15, -0.1) is 0 Å². The Morgan fingerprint density at radius 3 is 1.83 bits per heavy atom. The summed E-state index contributed by atoms with van der Waals surface area (Å²) in [4.78, 5) is 2.40. The zero-order valence-corrected chi connectivity index (χ0v) is 25.1. The lowest BCUT2D eigenvalue weighted by Gasteiger charge is -2.29. The van der Waals surface area contributed by atoms with Crippen LogP contribution in [0.2, 0.25) is 0 Å². The summed E-state index contributed by atoms with van der Waals surface area (Å²) in [5.74, 6) is 0. The van der Waals surface area contributed by atoms with E-state index in [4.69, 9.17) is 4.42 Å². The maximum atomic E-state index is 6.49. The van der Waals surface area contributed by atoms with Crippen molar-refractivity contribution in [2.75, 3.05) is 4.90 Å². The Labute approximate surface area is 267 Å². The minimum absolute atomic E-state index is 0.905. The topological polar surface area (TPSA) is 16.4 Å².